The van der Waals surface area contributed by atoms with Crippen molar-refractivity contribution in [3.63, 3.8) is 0 Å². The normalized spacial score (nSPS) is 11.3. The molecule has 24 heavy (non-hydrogen) atoms. The Balaban J connectivity index is 1.84. The zero-order valence-corrected chi connectivity index (χ0v) is 14.4. The molecule has 0 spiro atoms. The van der Waals surface area contributed by atoms with E-state index in [1.165, 1.54) is 5.56 Å². The van der Waals surface area contributed by atoms with Crippen LogP contribution in [0.15, 0.2) is 53.5 Å². The molecule has 0 aliphatic rings. The molecule has 0 bridgehead atoms. The fourth-order valence-corrected chi connectivity index (χ4v) is 2.21. The van der Waals surface area contributed by atoms with Crippen molar-refractivity contribution in [2.24, 2.45) is 10.7 Å². The van der Waals surface area contributed by atoms with Gasteiger partial charge in [0.05, 0.1) is 13.2 Å². The maximum absolute atomic E-state index is 5.95. The van der Waals surface area contributed by atoms with Crippen LogP contribution in [0.25, 0.3) is 0 Å². The molecule has 0 aliphatic heterocycles. The second-order valence-corrected chi connectivity index (χ2v) is 5.49. The summed E-state index contributed by atoms with van der Waals surface area (Å²) >= 11 is 0. The number of methoxy groups -OCH3 is 1. The number of ether oxygens (including phenoxy) is 1. The zero-order valence-electron chi connectivity index (χ0n) is 14.4. The number of nitrogens with two attached hydrogens (primary N) is 1. The summed E-state index contributed by atoms with van der Waals surface area (Å²) in [4.78, 5) is 4.38. The fourth-order valence-electron chi connectivity index (χ4n) is 2.21. The van der Waals surface area contributed by atoms with Crippen LogP contribution < -0.4 is 16.4 Å². The lowest BCUT2D eigenvalue weighted by molar-refractivity contribution is 0.211. The second kappa shape index (κ2) is 9.57. The van der Waals surface area contributed by atoms with Crippen LogP contribution in [0.1, 0.15) is 18.1 Å². The number of nitrogens with zero attached hydrogens (tertiary/aromatic N) is 1. The quantitative estimate of drug-likeness (QED) is 0.396. The third kappa shape index (κ3) is 5.93. The largest absolute Gasteiger partial charge is 0.383 e. The summed E-state index contributed by atoms with van der Waals surface area (Å²) in [5, 5.41) is 6.39. The minimum atomic E-state index is 0.418. The van der Waals surface area contributed by atoms with Gasteiger partial charge in [0.25, 0.3) is 0 Å². The molecular weight excluding hydrogens is 300 g/mol. The Bertz CT molecular complexity index is 635. The molecule has 0 saturated carbocycles. The third-order valence-corrected chi connectivity index (χ3v) is 3.66. The lowest BCUT2D eigenvalue weighted by Gasteiger charge is -2.08. The van der Waals surface area contributed by atoms with Crippen LogP contribution in [0.2, 0.25) is 0 Å². The lowest BCUT2D eigenvalue weighted by Crippen LogP contribution is -2.22. The van der Waals surface area contributed by atoms with Gasteiger partial charge in [-0.1, -0.05) is 31.2 Å². The second-order valence-electron chi connectivity index (χ2n) is 5.49. The average Bonchev–Trinajstić information content (AvgIpc) is 2.62. The number of hydrogen-bond donors (Lipinski definition) is 3. The first-order valence-electron chi connectivity index (χ1n) is 8.19. The van der Waals surface area contributed by atoms with Crippen LogP contribution in [0.4, 0.5) is 11.4 Å². The van der Waals surface area contributed by atoms with E-state index in [4.69, 9.17) is 10.5 Å². The predicted octanol–water partition coefficient (Wildman–Crippen LogP) is 3.23. The molecule has 2 aromatic carbocycles. The molecule has 2 rings (SSSR count). The molecule has 0 heterocycles. The zero-order chi connectivity index (χ0) is 17.2. The molecule has 0 atom stereocenters. The molecule has 0 aliphatic carbocycles. The highest BCUT2D eigenvalue weighted by Crippen LogP contribution is 2.11. The Kier molecular flexibility index (Phi) is 7.11. The van der Waals surface area contributed by atoms with E-state index in [0.29, 0.717) is 19.1 Å². The molecule has 0 unspecified atom stereocenters. The van der Waals surface area contributed by atoms with E-state index in [-0.39, 0.29) is 0 Å². The standard InChI is InChI=1S/C19H26N4O/c1-3-15-4-10-18(11-5-15)23-19(20)22-14-16-6-8-17(9-7-16)21-12-13-24-2/h4-11,21H,3,12-14H2,1-2H3,(H3,20,22,23). The molecule has 2 aromatic rings. The topological polar surface area (TPSA) is 71.7 Å². The van der Waals surface area contributed by atoms with Crippen molar-refractivity contribution in [1.29, 1.82) is 0 Å². The Morgan fingerprint density at radius 2 is 1.62 bits per heavy atom. The molecular formula is C19H26N4O. The van der Waals surface area contributed by atoms with Crippen LogP contribution in [-0.2, 0) is 17.7 Å². The maximum Gasteiger partial charge on any atom is 0.193 e. The summed E-state index contributed by atoms with van der Waals surface area (Å²) in [5.74, 6) is 0.418. The Labute approximate surface area is 143 Å². The summed E-state index contributed by atoms with van der Waals surface area (Å²) in [6, 6.07) is 16.4. The van der Waals surface area contributed by atoms with E-state index in [2.05, 4.69) is 34.7 Å². The Morgan fingerprint density at radius 1 is 1.00 bits per heavy atom. The van der Waals surface area contributed by atoms with Crippen LogP contribution in [-0.4, -0.2) is 26.2 Å². The first-order chi connectivity index (χ1) is 11.7. The highest BCUT2D eigenvalue weighted by Gasteiger charge is 1.97. The summed E-state index contributed by atoms with van der Waals surface area (Å²) in [6.07, 6.45) is 1.03. The van der Waals surface area contributed by atoms with Crippen molar-refractivity contribution in [2.45, 2.75) is 19.9 Å². The molecule has 0 aromatic heterocycles. The number of aliphatic imine (C=N–C) groups is 1. The van der Waals surface area contributed by atoms with Crippen molar-refractivity contribution in [2.75, 3.05) is 30.9 Å². The summed E-state index contributed by atoms with van der Waals surface area (Å²) < 4.78 is 5.01. The van der Waals surface area contributed by atoms with Gasteiger partial charge < -0.3 is 21.1 Å². The van der Waals surface area contributed by atoms with Crippen molar-refractivity contribution in [1.82, 2.24) is 0 Å². The molecule has 0 saturated heterocycles. The molecule has 5 nitrogen and oxygen atoms in total. The monoisotopic (exact) mass is 326 g/mol. The number of benzene rings is 2. The number of hydrogen-bond acceptors (Lipinski definition) is 3. The predicted molar refractivity (Wildman–Crippen MR) is 102 cm³/mol. The molecule has 0 fully saturated rings. The first kappa shape index (κ1) is 17.8. The van der Waals surface area contributed by atoms with Gasteiger partial charge in [-0.2, -0.15) is 0 Å². The van der Waals surface area contributed by atoms with E-state index in [1.807, 2.05) is 36.4 Å². The summed E-state index contributed by atoms with van der Waals surface area (Å²) in [7, 11) is 1.69. The summed E-state index contributed by atoms with van der Waals surface area (Å²) in [5.41, 5.74) is 10.4. The van der Waals surface area contributed by atoms with Gasteiger partial charge in [0.15, 0.2) is 5.96 Å². The van der Waals surface area contributed by atoms with Gasteiger partial charge in [0.2, 0.25) is 0 Å². The van der Waals surface area contributed by atoms with Gasteiger partial charge in [0.1, 0.15) is 0 Å². The van der Waals surface area contributed by atoms with Crippen molar-refractivity contribution in [3.05, 3.63) is 59.7 Å². The van der Waals surface area contributed by atoms with E-state index in [9.17, 15) is 0 Å². The molecule has 0 radical (unpaired) electrons. The maximum atomic E-state index is 5.95. The minimum absolute atomic E-state index is 0.418. The number of nitrogens with one attached hydrogen (secondary N) is 2. The molecule has 0 amide bonds. The van der Waals surface area contributed by atoms with Crippen LogP contribution in [0.5, 0.6) is 0 Å². The number of aryl methyl sites for hydroxylation is 1. The van der Waals surface area contributed by atoms with E-state index < -0.39 is 0 Å². The van der Waals surface area contributed by atoms with Crippen LogP contribution in [0.3, 0.4) is 0 Å². The van der Waals surface area contributed by atoms with E-state index in [0.717, 1.165) is 29.9 Å². The van der Waals surface area contributed by atoms with Crippen LogP contribution >= 0.6 is 0 Å². The summed E-state index contributed by atoms with van der Waals surface area (Å²) in [6.45, 7) is 4.16. The molecule has 128 valence electrons. The third-order valence-electron chi connectivity index (χ3n) is 3.66. The molecule has 5 heteroatoms. The van der Waals surface area contributed by atoms with Gasteiger partial charge in [-0.3, -0.25) is 0 Å². The SMILES string of the molecule is CCc1ccc(NC(N)=NCc2ccc(NCCOC)cc2)cc1. The van der Waals surface area contributed by atoms with Crippen LogP contribution in [0, 0.1) is 0 Å². The van der Waals surface area contributed by atoms with Gasteiger partial charge in [-0.05, 0) is 41.8 Å². The van der Waals surface area contributed by atoms with Crippen molar-refractivity contribution < 1.29 is 4.74 Å². The Morgan fingerprint density at radius 3 is 2.25 bits per heavy atom. The number of guanidine groups is 1. The first-order valence-corrected chi connectivity index (χ1v) is 8.19. The average molecular weight is 326 g/mol. The van der Waals surface area contributed by atoms with Gasteiger partial charge in [-0.25, -0.2) is 4.99 Å². The van der Waals surface area contributed by atoms with Crippen molar-refractivity contribution in [3.8, 4) is 0 Å². The van der Waals surface area contributed by atoms with Gasteiger partial charge in [-0.15, -0.1) is 0 Å². The van der Waals surface area contributed by atoms with Crippen molar-refractivity contribution >= 4 is 17.3 Å². The number of anilines is 2. The van der Waals surface area contributed by atoms with Gasteiger partial charge >= 0.3 is 0 Å². The number of rotatable bonds is 8. The highest BCUT2D eigenvalue weighted by molar-refractivity contribution is 5.92. The highest BCUT2D eigenvalue weighted by atomic mass is 16.5. The lowest BCUT2D eigenvalue weighted by atomic mass is 10.1. The molecule has 4 N–H and O–H groups in total. The van der Waals surface area contributed by atoms with Gasteiger partial charge in [0, 0.05) is 25.0 Å². The van der Waals surface area contributed by atoms with E-state index in [1.54, 1.807) is 7.11 Å². The smallest absolute Gasteiger partial charge is 0.193 e. The fraction of sp³-hybridized carbons (Fsp3) is 0.316. The van der Waals surface area contributed by atoms with E-state index >= 15 is 0 Å². The Hall–Kier alpha value is -2.53. The minimum Gasteiger partial charge on any atom is -0.383 e.